The number of nitrogens with one attached hydrogen (secondary N) is 2. The molecule has 0 radical (unpaired) electrons. The summed E-state index contributed by atoms with van der Waals surface area (Å²) >= 11 is 0. The second kappa shape index (κ2) is 13.3. The van der Waals surface area contributed by atoms with Gasteiger partial charge in [-0.3, -0.25) is 14.6 Å². The number of halogens is 2. The number of aromatic nitrogens is 3. The van der Waals surface area contributed by atoms with Crippen LogP contribution in [0.2, 0.25) is 0 Å². The van der Waals surface area contributed by atoms with Crippen LogP contribution >= 0.6 is 0 Å². The summed E-state index contributed by atoms with van der Waals surface area (Å²) in [6, 6.07) is 19.5. The molecule has 3 aromatic heterocycles. The number of hydrogen-bond acceptors (Lipinski definition) is 7. The van der Waals surface area contributed by atoms with Gasteiger partial charge in [0.1, 0.15) is 23.6 Å². The first kappa shape index (κ1) is 34.0. The van der Waals surface area contributed by atoms with Crippen molar-refractivity contribution in [2.75, 3.05) is 33.4 Å². The molecule has 2 bridgehead atoms. The molecule has 4 atom stereocenters. The molecule has 272 valence electrons. The van der Waals surface area contributed by atoms with Crippen molar-refractivity contribution in [3.8, 4) is 28.5 Å². The minimum atomic E-state index is -0.573. The summed E-state index contributed by atoms with van der Waals surface area (Å²) in [5.74, 6) is -1.11. The lowest BCUT2D eigenvalue weighted by Gasteiger charge is -2.40. The minimum absolute atomic E-state index is 0.00814. The topological polar surface area (TPSA) is 125 Å². The molecule has 10 rings (SSSR count). The number of fused-ring (bicyclic) bond motifs is 5. The molecule has 0 spiro atoms. The Morgan fingerprint density at radius 3 is 2.72 bits per heavy atom. The monoisotopic (exact) mass is 725 g/mol. The fourth-order valence-electron chi connectivity index (χ4n) is 8.89. The van der Waals surface area contributed by atoms with Crippen LogP contribution in [-0.2, 0) is 16.0 Å². The number of pyridine rings is 2. The maximum absolute atomic E-state index is 17.8. The highest BCUT2D eigenvalue weighted by molar-refractivity contribution is 6.12. The molecular formula is C42H37F2N7O3. The molecule has 3 aromatic carbocycles. The Labute approximate surface area is 309 Å². The van der Waals surface area contributed by atoms with E-state index in [1.54, 1.807) is 30.5 Å². The van der Waals surface area contributed by atoms with E-state index in [0.717, 1.165) is 34.9 Å². The first-order valence-electron chi connectivity index (χ1n) is 18.3. The van der Waals surface area contributed by atoms with E-state index >= 15 is 4.39 Å². The van der Waals surface area contributed by atoms with Gasteiger partial charge in [-0.2, -0.15) is 5.26 Å². The van der Waals surface area contributed by atoms with Crippen LogP contribution in [0.15, 0.2) is 66.9 Å². The number of nitrogens with zero attached hydrogens (tertiary/aromatic N) is 5. The fraction of sp³-hybridized carbons (Fsp3) is 0.310. The van der Waals surface area contributed by atoms with Gasteiger partial charge in [0, 0.05) is 66.4 Å². The van der Waals surface area contributed by atoms with Crippen molar-refractivity contribution in [3.05, 3.63) is 95.4 Å². The molecule has 3 aliphatic heterocycles. The van der Waals surface area contributed by atoms with Crippen molar-refractivity contribution in [3.63, 3.8) is 0 Å². The van der Waals surface area contributed by atoms with E-state index in [4.69, 9.17) is 9.72 Å². The lowest BCUT2D eigenvalue weighted by molar-refractivity contribution is -0.145. The van der Waals surface area contributed by atoms with Gasteiger partial charge in [-0.05, 0) is 84.0 Å². The normalized spacial score (nSPS) is 20.0. The summed E-state index contributed by atoms with van der Waals surface area (Å²) in [6.45, 7) is 3.75. The molecule has 1 unspecified atom stereocenters. The van der Waals surface area contributed by atoms with Crippen LogP contribution in [0.3, 0.4) is 0 Å². The van der Waals surface area contributed by atoms with Gasteiger partial charge in [-0.25, -0.2) is 13.8 Å². The van der Waals surface area contributed by atoms with Crippen LogP contribution in [0.1, 0.15) is 53.6 Å². The third-order valence-corrected chi connectivity index (χ3v) is 11.5. The molecule has 1 aliphatic carbocycles. The summed E-state index contributed by atoms with van der Waals surface area (Å²) in [7, 11) is 1.54. The Hall–Kier alpha value is -5.77. The molecule has 6 heterocycles. The first-order chi connectivity index (χ1) is 26.3. The number of nitriles is 1. The molecular weight excluding hydrogens is 689 g/mol. The zero-order valence-corrected chi connectivity index (χ0v) is 29.8. The van der Waals surface area contributed by atoms with Gasteiger partial charge in [-0.1, -0.05) is 24.3 Å². The molecule has 6 aromatic rings. The van der Waals surface area contributed by atoms with Crippen LogP contribution in [-0.4, -0.2) is 70.6 Å². The molecule has 12 heteroatoms. The lowest BCUT2D eigenvalue weighted by atomic mass is 9.79. The number of carbonyl (C=O) groups excluding carboxylic acids is 2. The maximum Gasteiger partial charge on any atom is 0.269 e. The lowest BCUT2D eigenvalue weighted by Crippen LogP contribution is -2.45. The number of hydrogen-bond donors (Lipinski definition) is 2. The predicted molar refractivity (Wildman–Crippen MR) is 201 cm³/mol. The third kappa shape index (κ3) is 5.33. The molecule has 4 aliphatic rings. The smallest absolute Gasteiger partial charge is 0.269 e. The van der Waals surface area contributed by atoms with Crippen LogP contribution in [0.4, 0.5) is 8.78 Å². The molecule has 54 heavy (non-hydrogen) atoms. The second-order valence-electron chi connectivity index (χ2n) is 14.4. The van der Waals surface area contributed by atoms with E-state index in [2.05, 4.69) is 32.3 Å². The highest BCUT2D eigenvalue weighted by Crippen LogP contribution is 2.50. The number of rotatable bonds is 8. The average molecular weight is 726 g/mol. The summed E-state index contributed by atoms with van der Waals surface area (Å²) < 4.78 is 40.3. The van der Waals surface area contributed by atoms with E-state index in [1.807, 2.05) is 30.0 Å². The number of aryl methyl sites for hydroxylation is 1. The summed E-state index contributed by atoms with van der Waals surface area (Å²) in [4.78, 5) is 37.0. The standard InChI is InChI=1S/C42H37F2N7O3/c1-22(50-13-14-54-21-35(50)52)34-18-31-38(25-9-11-32(47-19-25)42(53)46-2)49-39-30(41(31)51(34)40-26-16-33(40)48-20-26)15-24(6-4-12-45)36(37(39)44)28-7-3-5-23-8-10-27(43)17-29(23)28/h3,5,7-11,15,17-19,22,26,33,40,48H,4,6,13-14,16,20-21H2,1-2H3,(H,46,53)/t22?,26-,33-,40+/m1/s1. The van der Waals surface area contributed by atoms with Crippen molar-refractivity contribution >= 4 is 44.4 Å². The average Bonchev–Trinajstić information content (AvgIpc) is 3.94. The predicted octanol–water partition coefficient (Wildman–Crippen LogP) is 6.62. The second-order valence-corrected chi connectivity index (χ2v) is 14.4. The van der Waals surface area contributed by atoms with Gasteiger partial charge < -0.3 is 24.8 Å². The van der Waals surface area contributed by atoms with Gasteiger partial charge >= 0.3 is 0 Å². The summed E-state index contributed by atoms with van der Waals surface area (Å²) in [5.41, 5.74) is 4.50. The minimum Gasteiger partial charge on any atom is -0.370 e. The highest BCUT2D eigenvalue weighted by atomic mass is 19.1. The van der Waals surface area contributed by atoms with Gasteiger partial charge in [0.25, 0.3) is 5.91 Å². The van der Waals surface area contributed by atoms with E-state index in [-0.39, 0.29) is 66.2 Å². The van der Waals surface area contributed by atoms with Gasteiger partial charge in [0.05, 0.1) is 36.0 Å². The van der Waals surface area contributed by atoms with Crippen LogP contribution < -0.4 is 10.6 Å². The van der Waals surface area contributed by atoms with E-state index in [9.17, 15) is 19.2 Å². The van der Waals surface area contributed by atoms with Crippen molar-refractivity contribution in [2.45, 2.75) is 44.3 Å². The zero-order valence-electron chi connectivity index (χ0n) is 29.8. The quantitative estimate of drug-likeness (QED) is 0.181. The SMILES string of the molecule is CNC(=O)c1ccc(-c2nc3c(F)c(-c4cccc5ccc(F)cc45)c(CCC#N)cc3c3c2cc(C(C)N2CCOCC2=O)n3[C@H]2[C@H]3CN[C@@H]2C3)cn1. The third-order valence-electron chi connectivity index (χ3n) is 11.5. The Bertz CT molecular complexity index is 2550. The molecule has 3 saturated heterocycles. The Balaban J connectivity index is 1.39. The number of ether oxygens (including phenoxy) is 1. The van der Waals surface area contributed by atoms with Gasteiger partial charge in [0.2, 0.25) is 5.91 Å². The van der Waals surface area contributed by atoms with E-state index in [0.29, 0.717) is 52.2 Å². The van der Waals surface area contributed by atoms with E-state index < -0.39 is 11.6 Å². The largest absolute Gasteiger partial charge is 0.370 e. The van der Waals surface area contributed by atoms with Crippen LogP contribution in [0.5, 0.6) is 0 Å². The summed E-state index contributed by atoms with van der Waals surface area (Å²) in [5, 5.41) is 18.6. The molecule has 1 saturated carbocycles. The summed E-state index contributed by atoms with van der Waals surface area (Å²) in [6.07, 6.45) is 3.00. The molecule has 2 N–H and O–H groups in total. The fourth-order valence-corrected chi connectivity index (χ4v) is 8.89. The molecule has 10 nitrogen and oxygen atoms in total. The zero-order chi connectivity index (χ0) is 37.2. The molecule has 2 amide bonds. The Morgan fingerprint density at radius 1 is 1.13 bits per heavy atom. The maximum atomic E-state index is 17.8. The van der Waals surface area contributed by atoms with E-state index in [1.165, 1.54) is 19.2 Å². The van der Waals surface area contributed by atoms with Gasteiger partial charge in [0.15, 0.2) is 5.82 Å². The Morgan fingerprint density at radius 2 is 2.00 bits per heavy atom. The number of benzene rings is 3. The van der Waals surface area contributed by atoms with Crippen LogP contribution in [0, 0.1) is 28.9 Å². The highest BCUT2D eigenvalue weighted by Gasteiger charge is 2.49. The Kier molecular flexibility index (Phi) is 8.36. The number of amides is 2. The van der Waals surface area contributed by atoms with Crippen molar-refractivity contribution in [1.29, 1.82) is 5.26 Å². The first-order valence-corrected chi connectivity index (χ1v) is 18.3. The van der Waals surface area contributed by atoms with Crippen molar-refractivity contribution in [1.82, 2.24) is 30.1 Å². The van der Waals surface area contributed by atoms with Crippen LogP contribution in [0.25, 0.3) is 55.0 Å². The molecule has 4 fully saturated rings. The van der Waals surface area contributed by atoms with Crippen molar-refractivity contribution in [2.24, 2.45) is 5.92 Å². The van der Waals surface area contributed by atoms with Crippen molar-refractivity contribution < 1.29 is 23.1 Å². The number of morpholine rings is 1. The van der Waals surface area contributed by atoms with Gasteiger partial charge in [-0.15, -0.1) is 0 Å². The number of carbonyl (C=O) groups is 2.